The van der Waals surface area contributed by atoms with E-state index in [0.29, 0.717) is 11.8 Å². The van der Waals surface area contributed by atoms with Crippen LogP contribution in [0.2, 0.25) is 0 Å². The third-order valence-electron chi connectivity index (χ3n) is 4.72. The van der Waals surface area contributed by atoms with E-state index in [4.69, 9.17) is 4.74 Å². The Bertz CT molecular complexity index is 850. The lowest BCUT2D eigenvalue weighted by atomic mass is 9.97. The van der Waals surface area contributed by atoms with Crippen LogP contribution < -0.4 is 9.64 Å². The Morgan fingerprint density at radius 1 is 1.19 bits per heavy atom. The Hall–Kier alpha value is -2.96. The molecule has 3 aromatic heterocycles. The summed E-state index contributed by atoms with van der Waals surface area (Å²) in [5, 5.41) is 0. The summed E-state index contributed by atoms with van der Waals surface area (Å²) in [6.45, 7) is 2.60. The van der Waals surface area contributed by atoms with Gasteiger partial charge in [-0.05, 0) is 24.5 Å². The van der Waals surface area contributed by atoms with Gasteiger partial charge >= 0.3 is 0 Å². The van der Waals surface area contributed by atoms with Crippen LogP contribution in [0, 0.1) is 0 Å². The average molecular weight is 350 g/mol. The summed E-state index contributed by atoms with van der Waals surface area (Å²) in [5.41, 5.74) is 1.18. The highest BCUT2D eigenvalue weighted by Gasteiger charge is 2.26. The molecule has 0 N–H and O–H groups in total. The zero-order valence-corrected chi connectivity index (χ0v) is 14.8. The maximum absolute atomic E-state index is 5.23. The smallest absolute Gasteiger partial charge is 0.228 e. The highest BCUT2D eigenvalue weighted by molar-refractivity contribution is 5.34. The minimum absolute atomic E-state index is 0.352. The molecule has 0 aromatic carbocycles. The summed E-state index contributed by atoms with van der Waals surface area (Å²) in [6, 6.07) is 5.83. The summed E-state index contributed by atoms with van der Waals surface area (Å²) < 4.78 is 7.45. The van der Waals surface area contributed by atoms with Gasteiger partial charge in [-0.2, -0.15) is 4.98 Å². The third kappa shape index (κ3) is 3.51. The molecule has 4 heterocycles. The molecule has 0 bridgehead atoms. The molecule has 1 fully saturated rings. The van der Waals surface area contributed by atoms with Crippen molar-refractivity contribution in [2.24, 2.45) is 0 Å². The molecule has 4 rings (SSSR count). The number of methoxy groups -OCH3 is 1. The molecule has 0 saturated carbocycles. The second-order valence-corrected chi connectivity index (χ2v) is 6.46. The number of imidazole rings is 1. The van der Waals surface area contributed by atoms with E-state index in [1.807, 2.05) is 24.7 Å². The molecular formula is C19H22N6O. The van der Waals surface area contributed by atoms with Crippen LogP contribution in [0.5, 0.6) is 5.88 Å². The molecule has 1 atom stereocenters. The topological polar surface area (TPSA) is 69.0 Å². The predicted octanol–water partition coefficient (Wildman–Crippen LogP) is 2.51. The van der Waals surface area contributed by atoms with Gasteiger partial charge in [0.1, 0.15) is 5.82 Å². The van der Waals surface area contributed by atoms with E-state index in [2.05, 4.69) is 35.5 Å². The molecule has 0 radical (unpaired) electrons. The van der Waals surface area contributed by atoms with Gasteiger partial charge < -0.3 is 14.2 Å². The van der Waals surface area contributed by atoms with E-state index >= 15 is 0 Å². The number of hydrogen-bond donors (Lipinski definition) is 0. The van der Waals surface area contributed by atoms with Gasteiger partial charge in [-0.25, -0.2) is 9.97 Å². The van der Waals surface area contributed by atoms with Crippen molar-refractivity contribution in [2.75, 3.05) is 25.1 Å². The van der Waals surface area contributed by atoms with E-state index in [9.17, 15) is 0 Å². The Morgan fingerprint density at radius 3 is 3.00 bits per heavy atom. The van der Waals surface area contributed by atoms with Gasteiger partial charge in [0, 0.05) is 56.1 Å². The fourth-order valence-corrected chi connectivity index (χ4v) is 3.47. The highest BCUT2D eigenvalue weighted by atomic mass is 16.5. The quantitative estimate of drug-likeness (QED) is 0.704. The molecule has 7 heteroatoms. The van der Waals surface area contributed by atoms with Gasteiger partial charge in [-0.3, -0.25) is 4.98 Å². The van der Waals surface area contributed by atoms with Crippen molar-refractivity contribution >= 4 is 5.95 Å². The van der Waals surface area contributed by atoms with Crippen molar-refractivity contribution in [3.8, 4) is 5.88 Å². The fourth-order valence-electron chi connectivity index (χ4n) is 3.47. The molecule has 7 nitrogen and oxygen atoms in total. The number of nitrogens with zero attached hydrogens (tertiary/aromatic N) is 6. The SMILES string of the molecule is COc1ccnc(N2CCCC(c3nccn3Cc3cccnc3)C2)n1. The van der Waals surface area contributed by atoms with E-state index < -0.39 is 0 Å². The number of ether oxygens (including phenoxy) is 1. The standard InChI is InChI=1S/C19H22N6O/c1-26-17-6-8-22-19(23-17)25-10-3-5-16(14-25)18-21-9-11-24(18)13-15-4-2-7-20-12-15/h2,4,6-9,11-12,16H,3,5,10,13-14H2,1H3. The number of aromatic nitrogens is 5. The maximum Gasteiger partial charge on any atom is 0.228 e. The number of piperidine rings is 1. The first-order chi connectivity index (χ1) is 12.8. The maximum atomic E-state index is 5.23. The van der Waals surface area contributed by atoms with E-state index in [1.165, 1.54) is 5.56 Å². The monoisotopic (exact) mass is 350 g/mol. The molecule has 0 amide bonds. The second-order valence-electron chi connectivity index (χ2n) is 6.46. The predicted molar refractivity (Wildman–Crippen MR) is 98.3 cm³/mol. The van der Waals surface area contributed by atoms with Gasteiger partial charge in [-0.15, -0.1) is 0 Å². The van der Waals surface area contributed by atoms with Crippen LogP contribution >= 0.6 is 0 Å². The molecular weight excluding hydrogens is 328 g/mol. The zero-order chi connectivity index (χ0) is 17.8. The van der Waals surface area contributed by atoms with Crippen LogP contribution in [0.1, 0.15) is 30.1 Å². The van der Waals surface area contributed by atoms with Gasteiger partial charge in [0.05, 0.1) is 13.7 Å². The van der Waals surface area contributed by atoms with Crippen LogP contribution in [0.3, 0.4) is 0 Å². The molecule has 1 saturated heterocycles. The number of hydrogen-bond acceptors (Lipinski definition) is 6. The van der Waals surface area contributed by atoms with Crippen molar-refractivity contribution in [1.82, 2.24) is 24.5 Å². The van der Waals surface area contributed by atoms with Crippen LogP contribution in [0.4, 0.5) is 5.95 Å². The normalized spacial score (nSPS) is 17.3. The van der Waals surface area contributed by atoms with E-state index in [-0.39, 0.29) is 0 Å². The number of anilines is 1. The molecule has 3 aromatic rings. The lowest BCUT2D eigenvalue weighted by molar-refractivity contribution is 0.395. The van der Waals surface area contributed by atoms with Crippen molar-refractivity contribution in [3.05, 3.63) is 60.6 Å². The summed E-state index contributed by atoms with van der Waals surface area (Å²) in [7, 11) is 1.63. The van der Waals surface area contributed by atoms with Gasteiger partial charge in [-0.1, -0.05) is 6.07 Å². The van der Waals surface area contributed by atoms with Gasteiger partial charge in [0.15, 0.2) is 0 Å². The molecule has 1 aliphatic heterocycles. The lowest BCUT2D eigenvalue weighted by Crippen LogP contribution is -2.36. The Morgan fingerprint density at radius 2 is 2.15 bits per heavy atom. The number of rotatable bonds is 5. The number of pyridine rings is 1. The third-order valence-corrected chi connectivity index (χ3v) is 4.72. The minimum atomic E-state index is 0.352. The van der Waals surface area contributed by atoms with Crippen LogP contribution in [-0.2, 0) is 6.54 Å². The van der Waals surface area contributed by atoms with Crippen LogP contribution in [0.25, 0.3) is 0 Å². The fraction of sp³-hybridized carbons (Fsp3) is 0.368. The Balaban J connectivity index is 1.52. The van der Waals surface area contributed by atoms with Crippen molar-refractivity contribution in [1.29, 1.82) is 0 Å². The average Bonchev–Trinajstić information content (AvgIpc) is 3.17. The largest absolute Gasteiger partial charge is 0.481 e. The van der Waals surface area contributed by atoms with E-state index in [1.54, 1.807) is 25.6 Å². The summed E-state index contributed by atoms with van der Waals surface area (Å²) in [5.74, 6) is 2.78. The zero-order valence-electron chi connectivity index (χ0n) is 14.8. The van der Waals surface area contributed by atoms with Crippen molar-refractivity contribution < 1.29 is 4.74 Å². The van der Waals surface area contributed by atoms with Crippen molar-refractivity contribution in [2.45, 2.75) is 25.3 Å². The first-order valence-corrected chi connectivity index (χ1v) is 8.85. The Labute approximate surface area is 152 Å². The molecule has 0 spiro atoms. The highest BCUT2D eigenvalue weighted by Crippen LogP contribution is 2.28. The lowest BCUT2D eigenvalue weighted by Gasteiger charge is -2.32. The summed E-state index contributed by atoms with van der Waals surface area (Å²) >= 11 is 0. The molecule has 26 heavy (non-hydrogen) atoms. The van der Waals surface area contributed by atoms with Crippen molar-refractivity contribution in [3.63, 3.8) is 0 Å². The van der Waals surface area contributed by atoms with Gasteiger partial charge in [0.25, 0.3) is 0 Å². The first kappa shape index (κ1) is 16.5. The van der Waals surface area contributed by atoms with Crippen LogP contribution in [0.15, 0.2) is 49.2 Å². The molecule has 1 aliphatic rings. The summed E-state index contributed by atoms with van der Waals surface area (Å²) in [6.07, 6.45) is 11.6. The van der Waals surface area contributed by atoms with Gasteiger partial charge in [0.2, 0.25) is 11.8 Å². The molecule has 134 valence electrons. The Kier molecular flexibility index (Phi) is 4.77. The van der Waals surface area contributed by atoms with Crippen LogP contribution in [-0.4, -0.2) is 44.7 Å². The second kappa shape index (κ2) is 7.51. The molecule has 0 aliphatic carbocycles. The van der Waals surface area contributed by atoms with E-state index in [0.717, 1.165) is 44.2 Å². The molecule has 1 unspecified atom stereocenters. The minimum Gasteiger partial charge on any atom is -0.481 e. The first-order valence-electron chi connectivity index (χ1n) is 8.85. The summed E-state index contributed by atoms with van der Waals surface area (Å²) in [4.78, 5) is 20.0.